The molecule has 1 N–H and O–H groups in total. The summed E-state index contributed by atoms with van der Waals surface area (Å²) < 4.78 is 5.70. The number of para-hydroxylation sites is 2. The summed E-state index contributed by atoms with van der Waals surface area (Å²) in [5.74, 6) is -0.291. The number of rotatable bonds is 6. The average Bonchev–Trinajstić information content (AvgIpc) is 3.01. The summed E-state index contributed by atoms with van der Waals surface area (Å²) >= 11 is 0. The molecule has 3 aromatic rings. The number of nitrogens with one attached hydrogen (secondary N) is 1. The van der Waals surface area contributed by atoms with Crippen molar-refractivity contribution in [3.05, 3.63) is 94.7 Å². The molecule has 1 aliphatic heterocycles. The van der Waals surface area contributed by atoms with Gasteiger partial charge in [-0.05, 0) is 68.7 Å². The first-order valence-electron chi connectivity index (χ1n) is 10.7. The number of amides is 2. The number of ether oxygens (including phenoxy) is 1. The van der Waals surface area contributed by atoms with Crippen LogP contribution in [-0.4, -0.2) is 18.4 Å². The molecular formula is C27H26N2O3. The third-order valence-electron chi connectivity index (χ3n) is 5.61. The van der Waals surface area contributed by atoms with Crippen molar-refractivity contribution >= 4 is 28.8 Å². The summed E-state index contributed by atoms with van der Waals surface area (Å²) in [6, 6.07) is 20.6. The first-order chi connectivity index (χ1) is 15.4. The second-order valence-electron chi connectivity index (χ2n) is 7.89. The number of carbonyl (C=O) groups excluding carboxylic acids is 2. The van der Waals surface area contributed by atoms with Crippen molar-refractivity contribution in [3.8, 4) is 5.75 Å². The number of anilines is 2. The monoisotopic (exact) mass is 426 g/mol. The van der Waals surface area contributed by atoms with Crippen LogP contribution >= 0.6 is 0 Å². The molecule has 0 saturated heterocycles. The Morgan fingerprint density at radius 1 is 0.844 bits per heavy atom. The van der Waals surface area contributed by atoms with E-state index >= 15 is 0 Å². The van der Waals surface area contributed by atoms with Gasteiger partial charge in [-0.3, -0.25) is 9.59 Å². The zero-order chi connectivity index (χ0) is 22.8. The van der Waals surface area contributed by atoms with Crippen LogP contribution in [0.25, 0.3) is 5.57 Å². The SMILES string of the molecule is CCOc1ccccc1N1C(=O)C(Nc2ccc(C)c(C)c2)=C(c2ccc(C)cc2)C1=O. The number of imide groups is 1. The quantitative estimate of drug-likeness (QED) is 0.536. The van der Waals surface area contributed by atoms with Crippen molar-refractivity contribution in [1.29, 1.82) is 0 Å². The maximum absolute atomic E-state index is 13.6. The molecule has 1 aliphatic rings. The zero-order valence-electron chi connectivity index (χ0n) is 18.7. The highest BCUT2D eigenvalue weighted by Gasteiger charge is 2.41. The maximum Gasteiger partial charge on any atom is 0.282 e. The third kappa shape index (κ3) is 3.89. The fourth-order valence-electron chi connectivity index (χ4n) is 3.74. The molecule has 5 heteroatoms. The van der Waals surface area contributed by atoms with Gasteiger partial charge < -0.3 is 10.1 Å². The van der Waals surface area contributed by atoms with Crippen molar-refractivity contribution in [2.75, 3.05) is 16.8 Å². The number of hydrogen-bond acceptors (Lipinski definition) is 4. The van der Waals surface area contributed by atoms with Gasteiger partial charge in [0.1, 0.15) is 11.4 Å². The molecule has 4 rings (SSSR count). The molecule has 0 bridgehead atoms. The Morgan fingerprint density at radius 3 is 2.25 bits per heavy atom. The Balaban J connectivity index is 1.83. The Labute approximate surface area is 188 Å². The molecule has 0 atom stereocenters. The normalized spacial score (nSPS) is 13.7. The van der Waals surface area contributed by atoms with E-state index in [0.717, 1.165) is 22.4 Å². The van der Waals surface area contributed by atoms with Crippen LogP contribution in [0.4, 0.5) is 11.4 Å². The van der Waals surface area contributed by atoms with Crippen LogP contribution in [0.3, 0.4) is 0 Å². The van der Waals surface area contributed by atoms with E-state index in [2.05, 4.69) is 5.32 Å². The second-order valence-corrected chi connectivity index (χ2v) is 7.89. The summed E-state index contributed by atoms with van der Waals surface area (Å²) in [6.07, 6.45) is 0. The van der Waals surface area contributed by atoms with Crippen LogP contribution in [0, 0.1) is 20.8 Å². The zero-order valence-corrected chi connectivity index (χ0v) is 18.7. The van der Waals surface area contributed by atoms with Gasteiger partial charge in [-0.1, -0.05) is 48.0 Å². The largest absolute Gasteiger partial charge is 0.492 e. The van der Waals surface area contributed by atoms with Crippen LogP contribution in [0.1, 0.15) is 29.2 Å². The molecule has 2 amide bonds. The molecule has 3 aromatic carbocycles. The standard InChI is InChI=1S/C27H26N2O3/c1-5-32-23-9-7-6-8-22(23)29-26(30)24(20-13-10-17(2)11-14-20)25(27(29)31)28-21-15-12-18(3)19(4)16-21/h6-16,28H,5H2,1-4H3. The van der Waals surface area contributed by atoms with Crippen LogP contribution < -0.4 is 15.0 Å². The van der Waals surface area contributed by atoms with Gasteiger partial charge in [0, 0.05) is 5.69 Å². The lowest BCUT2D eigenvalue weighted by Gasteiger charge is -2.19. The number of nitrogens with zero attached hydrogens (tertiary/aromatic N) is 1. The van der Waals surface area contributed by atoms with E-state index in [1.54, 1.807) is 18.2 Å². The highest BCUT2D eigenvalue weighted by molar-refractivity contribution is 6.46. The summed E-state index contributed by atoms with van der Waals surface area (Å²) in [5.41, 5.74) is 5.82. The predicted molar refractivity (Wildman–Crippen MR) is 128 cm³/mol. The highest BCUT2D eigenvalue weighted by atomic mass is 16.5. The van der Waals surface area contributed by atoms with Crippen LogP contribution in [0.15, 0.2) is 72.4 Å². The Kier molecular flexibility index (Phi) is 5.82. The molecule has 0 radical (unpaired) electrons. The number of benzene rings is 3. The van der Waals surface area contributed by atoms with E-state index in [1.165, 1.54) is 4.90 Å². The van der Waals surface area contributed by atoms with E-state index in [9.17, 15) is 9.59 Å². The third-order valence-corrected chi connectivity index (χ3v) is 5.61. The summed E-state index contributed by atoms with van der Waals surface area (Å²) in [6.45, 7) is 8.33. The van der Waals surface area contributed by atoms with E-state index in [4.69, 9.17) is 4.74 Å². The lowest BCUT2D eigenvalue weighted by Crippen LogP contribution is -2.32. The molecule has 0 aliphatic carbocycles. The minimum atomic E-state index is -0.407. The summed E-state index contributed by atoms with van der Waals surface area (Å²) in [7, 11) is 0. The Bertz CT molecular complexity index is 1230. The van der Waals surface area contributed by atoms with Crippen molar-refractivity contribution < 1.29 is 14.3 Å². The van der Waals surface area contributed by atoms with Crippen LogP contribution in [0.2, 0.25) is 0 Å². The minimum absolute atomic E-state index is 0.258. The van der Waals surface area contributed by atoms with E-state index in [0.29, 0.717) is 29.2 Å². The van der Waals surface area contributed by atoms with Crippen LogP contribution in [-0.2, 0) is 9.59 Å². The van der Waals surface area contributed by atoms with Gasteiger partial charge >= 0.3 is 0 Å². The van der Waals surface area contributed by atoms with Crippen LogP contribution in [0.5, 0.6) is 5.75 Å². The fourth-order valence-corrected chi connectivity index (χ4v) is 3.74. The lowest BCUT2D eigenvalue weighted by atomic mass is 10.0. The average molecular weight is 427 g/mol. The molecule has 0 saturated carbocycles. The molecule has 0 fully saturated rings. The Morgan fingerprint density at radius 2 is 1.56 bits per heavy atom. The number of hydrogen-bond donors (Lipinski definition) is 1. The van der Waals surface area contributed by atoms with Gasteiger partial charge in [-0.2, -0.15) is 0 Å². The number of carbonyl (C=O) groups is 2. The highest BCUT2D eigenvalue weighted by Crippen LogP contribution is 2.38. The molecule has 32 heavy (non-hydrogen) atoms. The van der Waals surface area contributed by atoms with Crippen molar-refractivity contribution in [1.82, 2.24) is 0 Å². The van der Waals surface area contributed by atoms with E-state index in [1.807, 2.05) is 76.2 Å². The molecule has 5 nitrogen and oxygen atoms in total. The van der Waals surface area contributed by atoms with Gasteiger partial charge in [-0.25, -0.2) is 4.90 Å². The maximum atomic E-state index is 13.6. The van der Waals surface area contributed by atoms with Gasteiger partial charge in [0.05, 0.1) is 17.9 Å². The number of aryl methyl sites for hydroxylation is 3. The van der Waals surface area contributed by atoms with Gasteiger partial charge in [-0.15, -0.1) is 0 Å². The fraction of sp³-hybridized carbons (Fsp3) is 0.185. The first-order valence-corrected chi connectivity index (χ1v) is 10.7. The van der Waals surface area contributed by atoms with Gasteiger partial charge in [0.25, 0.3) is 11.8 Å². The predicted octanol–water partition coefficient (Wildman–Crippen LogP) is 5.41. The molecule has 0 spiro atoms. The van der Waals surface area contributed by atoms with Gasteiger partial charge in [0.2, 0.25) is 0 Å². The van der Waals surface area contributed by atoms with Crippen molar-refractivity contribution in [3.63, 3.8) is 0 Å². The van der Waals surface area contributed by atoms with E-state index < -0.39 is 5.91 Å². The van der Waals surface area contributed by atoms with Crippen molar-refractivity contribution in [2.45, 2.75) is 27.7 Å². The molecule has 162 valence electrons. The topological polar surface area (TPSA) is 58.6 Å². The molecule has 0 unspecified atom stereocenters. The van der Waals surface area contributed by atoms with Gasteiger partial charge in [0.15, 0.2) is 0 Å². The molecular weight excluding hydrogens is 400 g/mol. The van der Waals surface area contributed by atoms with Crippen molar-refractivity contribution in [2.24, 2.45) is 0 Å². The first kappa shape index (κ1) is 21.4. The molecule has 0 aromatic heterocycles. The second kappa shape index (κ2) is 8.71. The summed E-state index contributed by atoms with van der Waals surface area (Å²) in [4.78, 5) is 28.4. The molecule has 1 heterocycles. The van der Waals surface area contributed by atoms with E-state index in [-0.39, 0.29) is 11.6 Å². The lowest BCUT2D eigenvalue weighted by molar-refractivity contribution is -0.120. The Hall–Kier alpha value is -3.86. The smallest absolute Gasteiger partial charge is 0.282 e. The summed E-state index contributed by atoms with van der Waals surface area (Å²) in [5, 5.41) is 3.23. The minimum Gasteiger partial charge on any atom is -0.492 e.